The third-order valence-corrected chi connectivity index (χ3v) is 4.31. The summed E-state index contributed by atoms with van der Waals surface area (Å²) in [6, 6.07) is 1.75. The maximum absolute atomic E-state index is 13.4. The number of hydrogen-bond acceptors (Lipinski definition) is 5. The van der Waals surface area contributed by atoms with Gasteiger partial charge in [-0.1, -0.05) is 0 Å². The highest BCUT2D eigenvalue weighted by Crippen LogP contribution is 2.23. The Morgan fingerprint density at radius 1 is 1.38 bits per heavy atom. The second-order valence-corrected chi connectivity index (χ2v) is 5.79. The minimum absolute atomic E-state index is 0.276. The molecule has 0 spiro atoms. The maximum atomic E-state index is 13.4. The van der Waals surface area contributed by atoms with Gasteiger partial charge in [-0.3, -0.25) is 10.1 Å². The fraction of sp³-hybridized carbons (Fsp3) is 0.400. The molecule has 7 nitrogen and oxygen atoms in total. The molecule has 0 amide bonds. The Labute approximate surface area is 117 Å². The predicted octanol–water partition coefficient (Wildman–Crippen LogP) is 0.982. The first-order valence-corrected chi connectivity index (χ1v) is 6.97. The molecule has 0 aliphatic carbocycles. The van der Waals surface area contributed by atoms with Gasteiger partial charge in [-0.05, 0) is 6.07 Å². The van der Waals surface area contributed by atoms with Gasteiger partial charge in [0.1, 0.15) is 0 Å². The highest BCUT2D eigenvalue weighted by atomic mass is 32.2. The second-order valence-electron chi connectivity index (χ2n) is 3.85. The van der Waals surface area contributed by atoms with Gasteiger partial charge in [0.2, 0.25) is 15.8 Å². The fourth-order valence-electron chi connectivity index (χ4n) is 1.52. The van der Waals surface area contributed by atoms with E-state index in [9.17, 15) is 31.7 Å². The number of aliphatic hydroxyl groups is 1. The van der Waals surface area contributed by atoms with Crippen molar-refractivity contribution in [2.75, 3.05) is 19.7 Å². The lowest BCUT2D eigenvalue weighted by Gasteiger charge is -2.20. The molecule has 0 aliphatic heterocycles. The molecule has 0 saturated carbocycles. The highest BCUT2D eigenvalue weighted by Gasteiger charge is 2.28. The van der Waals surface area contributed by atoms with Crippen molar-refractivity contribution < 1.29 is 31.6 Å². The Bertz CT molecular complexity index is 623. The van der Waals surface area contributed by atoms with E-state index in [0.29, 0.717) is 12.1 Å². The summed E-state index contributed by atoms with van der Waals surface area (Å²) in [5.41, 5.74) is -0.934. The zero-order valence-electron chi connectivity index (χ0n) is 10.4. The molecule has 0 unspecified atom stereocenters. The van der Waals surface area contributed by atoms with Crippen LogP contribution in [0.4, 0.5) is 18.9 Å². The number of aliphatic hydroxyl groups excluding tert-OH is 1. The zero-order chi connectivity index (χ0) is 16.2. The maximum Gasteiger partial charge on any atom is 0.304 e. The summed E-state index contributed by atoms with van der Waals surface area (Å²) in [5.74, 6) is -1.40. The molecule has 21 heavy (non-hydrogen) atoms. The predicted molar refractivity (Wildman–Crippen MR) is 64.9 cm³/mol. The van der Waals surface area contributed by atoms with Gasteiger partial charge in [0, 0.05) is 18.7 Å². The van der Waals surface area contributed by atoms with E-state index in [-0.39, 0.29) is 4.31 Å². The van der Waals surface area contributed by atoms with Crippen LogP contribution >= 0.6 is 0 Å². The van der Waals surface area contributed by atoms with Crippen LogP contribution in [-0.4, -0.2) is 48.9 Å². The Hall–Kier alpha value is -1.72. The molecule has 0 aromatic heterocycles. The molecule has 0 aliphatic rings. The van der Waals surface area contributed by atoms with Crippen LogP contribution in [0.25, 0.3) is 0 Å². The largest absolute Gasteiger partial charge is 0.395 e. The van der Waals surface area contributed by atoms with E-state index in [2.05, 4.69) is 0 Å². The number of benzene rings is 1. The monoisotopic (exact) mass is 328 g/mol. The lowest BCUT2D eigenvalue weighted by atomic mass is 10.3. The number of halogens is 3. The van der Waals surface area contributed by atoms with Crippen molar-refractivity contribution in [3.63, 3.8) is 0 Å². The molecule has 1 N–H and O–H groups in total. The quantitative estimate of drug-likeness (QED) is 0.594. The normalized spacial score (nSPS) is 12.1. The molecule has 0 radical (unpaired) electrons. The summed E-state index contributed by atoms with van der Waals surface area (Å²) >= 11 is 0. The number of hydrogen-bond donors (Lipinski definition) is 1. The van der Waals surface area contributed by atoms with Crippen molar-refractivity contribution in [2.45, 2.75) is 11.3 Å². The van der Waals surface area contributed by atoms with Gasteiger partial charge < -0.3 is 5.11 Å². The Morgan fingerprint density at radius 3 is 2.43 bits per heavy atom. The first-order chi connectivity index (χ1) is 9.70. The van der Waals surface area contributed by atoms with Crippen LogP contribution in [0.3, 0.4) is 0 Å². The van der Waals surface area contributed by atoms with E-state index in [1.807, 2.05) is 0 Å². The summed E-state index contributed by atoms with van der Waals surface area (Å²) in [6.45, 7) is -2.49. The minimum Gasteiger partial charge on any atom is -0.395 e. The van der Waals surface area contributed by atoms with Gasteiger partial charge in [-0.2, -0.15) is 8.70 Å². The van der Waals surface area contributed by atoms with Crippen LogP contribution in [0.15, 0.2) is 23.1 Å². The Morgan fingerprint density at radius 2 is 2.00 bits per heavy atom. The van der Waals surface area contributed by atoms with E-state index in [4.69, 9.17) is 5.11 Å². The molecule has 1 aromatic rings. The molecule has 0 fully saturated rings. The van der Waals surface area contributed by atoms with Crippen molar-refractivity contribution in [1.82, 2.24) is 4.31 Å². The Kier molecular flexibility index (Phi) is 5.63. The third-order valence-electron chi connectivity index (χ3n) is 2.44. The molecule has 0 atom stereocenters. The molecule has 0 heterocycles. The van der Waals surface area contributed by atoms with Gasteiger partial charge in [0.05, 0.1) is 23.0 Å². The average molecular weight is 328 g/mol. The summed E-state index contributed by atoms with van der Waals surface area (Å²) in [6.07, 6.45) is -2.99. The van der Waals surface area contributed by atoms with Crippen molar-refractivity contribution >= 4 is 15.7 Å². The SMILES string of the molecule is O=[N+]([O-])c1ccc(S(=O)(=O)N(CCO)CC(F)F)cc1F. The van der Waals surface area contributed by atoms with E-state index < -0.39 is 57.5 Å². The van der Waals surface area contributed by atoms with E-state index in [0.717, 1.165) is 6.07 Å². The van der Waals surface area contributed by atoms with Crippen LogP contribution in [0, 0.1) is 15.9 Å². The second kappa shape index (κ2) is 6.83. The molecule has 11 heteroatoms. The molecule has 1 aromatic carbocycles. The molecule has 0 bridgehead atoms. The number of rotatable bonds is 7. The van der Waals surface area contributed by atoms with Crippen LogP contribution in [-0.2, 0) is 10.0 Å². The standard InChI is InChI=1S/C10H11F3N2O5S/c11-8-5-7(1-2-9(8)15(17)18)21(19,20)14(3-4-16)6-10(12)13/h1-2,5,10,16H,3-4,6H2. The van der Waals surface area contributed by atoms with Gasteiger partial charge in [-0.15, -0.1) is 0 Å². The molecular formula is C10H11F3N2O5S. The topological polar surface area (TPSA) is 101 Å². The van der Waals surface area contributed by atoms with Crippen molar-refractivity contribution in [3.8, 4) is 0 Å². The van der Waals surface area contributed by atoms with E-state index in [1.54, 1.807) is 0 Å². The zero-order valence-corrected chi connectivity index (χ0v) is 11.3. The Balaban J connectivity index is 3.21. The van der Waals surface area contributed by atoms with Crippen LogP contribution in [0.1, 0.15) is 0 Å². The summed E-state index contributed by atoms with van der Waals surface area (Å²) in [7, 11) is -4.49. The molecular weight excluding hydrogens is 317 g/mol. The molecule has 0 saturated heterocycles. The minimum atomic E-state index is -4.49. The van der Waals surface area contributed by atoms with Gasteiger partial charge in [0.25, 0.3) is 6.43 Å². The first-order valence-electron chi connectivity index (χ1n) is 5.53. The number of sulfonamides is 1. The first kappa shape index (κ1) is 17.3. The number of nitrogens with zero attached hydrogens (tertiary/aromatic N) is 2. The average Bonchev–Trinajstić information content (AvgIpc) is 2.37. The van der Waals surface area contributed by atoms with Gasteiger partial charge in [0.15, 0.2) is 0 Å². The van der Waals surface area contributed by atoms with Crippen LogP contribution in [0.5, 0.6) is 0 Å². The van der Waals surface area contributed by atoms with Crippen molar-refractivity contribution in [2.24, 2.45) is 0 Å². The number of alkyl halides is 2. The lowest BCUT2D eigenvalue weighted by molar-refractivity contribution is -0.387. The summed E-state index contributed by atoms with van der Waals surface area (Å²) in [4.78, 5) is 8.68. The van der Waals surface area contributed by atoms with Crippen molar-refractivity contribution in [3.05, 3.63) is 34.1 Å². The number of nitro groups is 1. The van der Waals surface area contributed by atoms with Crippen LogP contribution < -0.4 is 0 Å². The van der Waals surface area contributed by atoms with Gasteiger partial charge >= 0.3 is 5.69 Å². The van der Waals surface area contributed by atoms with E-state index >= 15 is 0 Å². The molecule has 1 rings (SSSR count). The smallest absolute Gasteiger partial charge is 0.304 e. The van der Waals surface area contributed by atoms with Gasteiger partial charge in [-0.25, -0.2) is 17.2 Å². The lowest BCUT2D eigenvalue weighted by Crippen LogP contribution is -2.37. The molecule has 118 valence electrons. The highest BCUT2D eigenvalue weighted by molar-refractivity contribution is 7.89. The van der Waals surface area contributed by atoms with Crippen molar-refractivity contribution in [1.29, 1.82) is 0 Å². The van der Waals surface area contributed by atoms with Crippen LogP contribution in [0.2, 0.25) is 0 Å². The summed E-state index contributed by atoms with van der Waals surface area (Å²) < 4.78 is 62.5. The number of nitro benzene ring substituents is 1. The fourth-order valence-corrected chi connectivity index (χ4v) is 2.94. The third kappa shape index (κ3) is 4.12. The summed E-state index contributed by atoms with van der Waals surface area (Å²) in [5, 5.41) is 19.2. The van der Waals surface area contributed by atoms with E-state index in [1.165, 1.54) is 0 Å².